The zero-order valence-electron chi connectivity index (χ0n) is 11.5. The first kappa shape index (κ1) is 13.3. The molecule has 0 heterocycles. The third-order valence-corrected chi connectivity index (χ3v) is 3.44. The van der Waals surface area contributed by atoms with E-state index in [9.17, 15) is 9.59 Å². The van der Waals surface area contributed by atoms with E-state index in [0.717, 1.165) is 24.8 Å². The summed E-state index contributed by atoms with van der Waals surface area (Å²) < 4.78 is 5.32. The van der Waals surface area contributed by atoms with Crippen molar-refractivity contribution in [2.75, 3.05) is 0 Å². The fourth-order valence-electron chi connectivity index (χ4n) is 2.42. The summed E-state index contributed by atoms with van der Waals surface area (Å²) in [5.41, 5.74) is 0.481. The minimum atomic E-state index is -0.461. The molecule has 3 heteroatoms. The first-order valence-electron chi connectivity index (χ1n) is 6.84. The topological polar surface area (TPSA) is 43.4 Å². The smallest absolute Gasteiger partial charge is 0.310 e. The summed E-state index contributed by atoms with van der Waals surface area (Å²) in [6.45, 7) is 5.56. The van der Waals surface area contributed by atoms with Gasteiger partial charge in [-0.1, -0.05) is 6.08 Å². The normalized spacial score (nSPS) is 27.4. The highest BCUT2D eigenvalue weighted by molar-refractivity contribution is 6.02. The van der Waals surface area contributed by atoms with Gasteiger partial charge in [-0.05, 0) is 58.4 Å². The SMILES string of the molecule is CC(C)(C)OC(=O)[C@H]1C[C@@H]1C(=O)C1=CCCCC1. The molecule has 1 saturated carbocycles. The van der Waals surface area contributed by atoms with Crippen molar-refractivity contribution < 1.29 is 14.3 Å². The van der Waals surface area contributed by atoms with Gasteiger partial charge in [-0.25, -0.2) is 0 Å². The van der Waals surface area contributed by atoms with Crippen LogP contribution in [0.1, 0.15) is 52.9 Å². The van der Waals surface area contributed by atoms with Crippen molar-refractivity contribution in [3.63, 3.8) is 0 Å². The molecule has 0 spiro atoms. The van der Waals surface area contributed by atoms with E-state index in [1.807, 2.05) is 20.8 Å². The van der Waals surface area contributed by atoms with Crippen LogP contribution >= 0.6 is 0 Å². The Hall–Kier alpha value is -1.12. The fourth-order valence-corrected chi connectivity index (χ4v) is 2.42. The van der Waals surface area contributed by atoms with Crippen molar-refractivity contribution in [2.24, 2.45) is 11.8 Å². The second-order valence-electron chi connectivity index (χ2n) is 6.32. The number of rotatable bonds is 3. The van der Waals surface area contributed by atoms with E-state index in [2.05, 4.69) is 6.08 Å². The van der Waals surface area contributed by atoms with Gasteiger partial charge >= 0.3 is 5.97 Å². The number of hydrogen-bond donors (Lipinski definition) is 0. The average molecular weight is 250 g/mol. The van der Waals surface area contributed by atoms with Gasteiger partial charge in [0.2, 0.25) is 0 Å². The van der Waals surface area contributed by atoms with Crippen LogP contribution in [0, 0.1) is 11.8 Å². The van der Waals surface area contributed by atoms with Gasteiger partial charge < -0.3 is 4.74 Å². The number of carbonyl (C=O) groups excluding carboxylic acids is 2. The first-order valence-corrected chi connectivity index (χ1v) is 6.84. The zero-order valence-corrected chi connectivity index (χ0v) is 11.5. The second kappa shape index (κ2) is 4.87. The minimum absolute atomic E-state index is 0.107. The lowest BCUT2D eigenvalue weighted by Crippen LogP contribution is -2.26. The summed E-state index contributed by atoms with van der Waals surface area (Å²) >= 11 is 0. The predicted molar refractivity (Wildman–Crippen MR) is 69.0 cm³/mol. The molecular weight excluding hydrogens is 228 g/mol. The van der Waals surface area contributed by atoms with Crippen molar-refractivity contribution in [3.8, 4) is 0 Å². The molecule has 0 N–H and O–H groups in total. The molecule has 0 aliphatic heterocycles. The number of ketones is 1. The Morgan fingerprint density at radius 3 is 2.50 bits per heavy atom. The molecule has 2 aliphatic rings. The third-order valence-electron chi connectivity index (χ3n) is 3.44. The van der Waals surface area contributed by atoms with Crippen LogP contribution in [0.3, 0.4) is 0 Å². The Kier molecular flexibility index (Phi) is 3.60. The van der Waals surface area contributed by atoms with Crippen LogP contribution in [-0.2, 0) is 14.3 Å². The Labute approximate surface area is 109 Å². The lowest BCUT2D eigenvalue weighted by molar-refractivity contribution is -0.157. The molecule has 0 saturated heterocycles. The van der Waals surface area contributed by atoms with Crippen LogP contribution in [-0.4, -0.2) is 17.4 Å². The van der Waals surface area contributed by atoms with E-state index in [0.29, 0.717) is 6.42 Å². The molecule has 3 nitrogen and oxygen atoms in total. The van der Waals surface area contributed by atoms with Gasteiger partial charge in [-0.15, -0.1) is 0 Å². The molecule has 0 radical (unpaired) electrons. The second-order valence-corrected chi connectivity index (χ2v) is 6.32. The van der Waals surface area contributed by atoms with E-state index < -0.39 is 5.60 Å². The van der Waals surface area contributed by atoms with E-state index in [1.54, 1.807) is 0 Å². The Morgan fingerprint density at radius 1 is 1.22 bits per heavy atom. The Morgan fingerprint density at radius 2 is 1.94 bits per heavy atom. The van der Waals surface area contributed by atoms with Gasteiger partial charge in [0, 0.05) is 5.92 Å². The van der Waals surface area contributed by atoms with Gasteiger partial charge in [-0.3, -0.25) is 9.59 Å². The van der Waals surface area contributed by atoms with E-state index in [1.165, 1.54) is 6.42 Å². The maximum Gasteiger partial charge on any atom is 0.310 e. The Bertz CT molecular complexity index is 387. The molecule has 18 heavy (non-hydrogen) atoms. The van der Waals surface area contributed by atoms with Gasteiger partial charge in [0.05, 0.1) is 5.92 Å². The van der Waals surface area contributed by atoms with Crippen LogP contribution < -0.4 is 0 Å². The predicted octanol–water partition coefficient (Wildman–Crippen LogP) is 3.03. The molecule has 0 amide bonds. The number of ether oxygens (including phenoxy) is 1. The highest BCUT2D eigenvalue weighted by Gasteiger charge is 2.50. The molecule has 0 bridgehead atoms. The van der Waals surface area contributed by atoms with E-state index >= 15 is 0 Å². The Balaban J connectivity index is 1.89. The van der Waals surface area contributed by atoms with Crippen molar-refractivity contribution in [1.29, 1.82) is 0 Å². The molecule has 100 valence electrons. The minimum Gasteiger partial charge on any atom is -0.460 e. The maximum atomic E-state index is 12.2. The van der Waals surface area contributed by atoms with Crippen molar-refractivity contribution in [1.82, 2.24) is 0 Å². The first-order chi connectivity index (χ1) is 8.38. The number of hydrogen-bond acceptors (Lipinski definition) is 3. The molecule has 2 atom stereocenters. The summed E-state index contributed by atoms with van der Waals surface area (Å²) in [7, 11) is 0. The van der Waals surface area contributed by atoms with Gasteiger partial charge in [0.25, 0.3) is 0 Å². The third kappa shape index (κ3) is 3.21. The zero-order chi connectivity index (χ0) is 13.3. The van der Waals surface area contributed by atoms with Gasteiger partial charge in [0.1, 0.15) is 5.60 Å². The molecule has 1 fully saturated rings. The molecular formula is C15H22O3. The summed E-state index contributed by atoms with van der Waals surface area (Å²) in [6, 6.07) is 0. The van der Waals surface area contributed by atoms with Gasteiger partial charge in [-0.2, -0.15) is 0 Å². The van der Waals surface area contributed by atoms with Crippen molar-refractivity contribution >= 4 is 11.8 Å². The summed E-state index contributed by atoms with van der Waals surface area (Å²) in [4.78, 5) is 24.0. The quantitative estimate of drug-likeness (QED) is 0.723. The van der Waals surface area contributed by atoms with Crippen LogP contribution in [0.5, 0.6) is 0 Å². The number of allylic oxidation sites excluding steroid dienone is 2. The molecule has 0 aromatic rings. The van der Waals surface area contributed by atoms with Crippen LogP contribution in [0.4, 0.5) is 0 Å². The highest BCUT2D eigenvalue weighted by atomic mass is 16.6. The lowest BCUT2D eigenvalue weighted by Gasteiger charge is -2.19. The molecule has 2 rings (SSSR count). The fraction of sp³-hybridized carbons (Fsp3) is 0.733. The van der Waals surface area contributed by atoms with E-state index in [4.69, 9.17) is 4.74 Å². The average Bonchev–Trinajstić information content (AvgIpc) is 3.07. The van der Waals surface area contributed by atoms with Gasteiger partial charge in [0.15, 0.2) is 5.78 Å². The molecule has 0 aromatic heterocycles. The van der Waals surface area contributed by atoms with Crippen LogP contribution in [0.2, 0.25) is 0 Å². The summed E-state index contributed by atoms with van der Waals surface area (Å²) in [5, 5.41) is 0. The summed E-state index contributed by atoms with van der Waals surface area (Å²) in [6.07, 6.45) is 6.89. The van der Waals surface area contributed by atoms with Crippen LogP contribution in [0.15, 0.2) is 11.6 Å². The monoisotopic (exact) mass is 250 g/mol. The molecule has 0 unspecified atom stereocenters. The largest absolute Gasteiger partial charge is 0.460 e. The van der Waals surface area contributed by atoms with E-state index in [-0.39, 0.29) is 23.6 Å². The van der Waals surface area contributed by atoms with Crippen molar-refractivity contribution in [2.45, 2.75) is 58.5 Å². The highest BCUT2D eigenvalue weighted by Crippen LogP contribution is 2.43. The maximum absolute atomic E-state index is 12.2. The number of carbonyl (C=O) groups is 2. The summed E-state index contributed by atoms with van der Waals surface area (Å²) in [5.74, 6) is -0.327. The van der Waals surface area contributed by atoms with Crippen LogP contribution in [0.25, 0.3) is 0 Å². The standard InChI is InChI=1S/C15H22O3/c1-15(2,3)18-14(17)12-9-11(12)13(16)10-7-5-4-6-8-10/h7,11-12H,4-6,8-9H2,1-3H3/t11-,12-/m0/s1. The molecule has 0 aromatic carbocycles. The molecule has 2 aliphatic carbocycles. The number of esters is 1. The number of Topliss-reactive ketones (excluding diaryl/α,β-unsaturated/α-hetero) is 1. The van der Waals surface area contributed by atoms with Crippen molar-refractivity contribution in [3.05, 3.63) is 11.6 Å². The lowest BCUT2D eigenvalue weighted by atomic mass is 9.94.